The molecule has 0 radical (unpaired) electrons. The summed E-state index contributed by atoms with van der Waals surface area (Å²) in [6, 6.07) is 11.8. The fourth-order valence-corrected chi connectivity index (χ4v) is 3.06. The van der Waals surface area contributed by atoms with Crippen molar-refractivity contribution in [2.75, 3.05) is 18.8 Å². The molecule has 1 amide bonds. The minimum atomic E-state index is -0.465. The summed E-state index contributed by atoms with van der Waals surface area (Å²) in [5.74, 6) is 0.848. The van der Waals surface area contributed by atoms with Gasteiger partial charge in [0, 0.05) is 42.4 Å². The molecule has 5 nitrogen and oxygen atoms in total. The summed E-state index contributed by atoms with van der Waals surface area (Å²) in [5.41, 5.74) is 6.33. The van der Waals surface area contributed by atoms with Gasteiger partial charge in [0.05, 0.1) is 0 Å². The fourth-order valence-electron chi connectivity index (χ4n) is 3.06. The van der Waals surface area contributed by atoms with Gasteiger partial charge in [-0.05, 0) is 32.9 Å². The van der Waals surface area contributed by atoms with Gasteiger partial charge < -0.3 is 20.1 Å². The van der Waals surface area contributed by atoms with E-state index in [0.29, 0.717) is 13.1 Å². The molecule has 5 heteroatoms. The highest BCUT2D eigenvalue weighted by atomic mass is 16.6. The molecular formula is C20H26N2O3. The molecule has 1 aliphatic rings. The molecule has 1 heterocycles. The molecule has 2 aromatic carbocycles. The van der Waals surface area contributed by atoms with Crippen LogP contribution in [0.15, 0.2) is 36.4 Å². The number of fused-ring (bicyclic) bond motifs is 1. The van der Waals surface area contributed by atoms with Crippen molar-refractivity contribution in [3.63, 3.8) is 0 Å². The number of hydrogen-bond acceptors (Lipinski definition) is 4. The Hall–Kier alpha value is -2.43. The second-order valence-electron chi connectivity index (χ2n) is 7.48. The fraction of sp³-hybridized carbons (Fsp3) is 0.450. The number of hydrogen-bond donors (Lipinski definition) is 1. The third-order valence-corrected chi connectivity index (χ3v) is 4.31. The summed E-state index contributed by atoms with van der Waals surface area (Å²) >= 11 is 0. The van der Waals surface area contributed by atoms with Crippen LogP contribution in [0.3, 0.4) is 0 Å². The van der Waals surface area contributed by atoms with Crippen LogP contribution in [0.5, 0.6) is 5.75 Å². The van der Waals surface area contributed by atoms with Crippen molar-refractivity contribution in [3.8, 4) is 5.75 Å². The number of anilines is 1. The molecular weight excluding hydrogens is 316 g/mol. The number of nitrogens with two attached hydrogens (primary N) is 1. The van der Waals surface area contributed by atoms with E-state index < -0.39 is 5.60 Å². The van der Waals surface area contributed by atoms with Gasteiger partial charge in [-0.3, -0.25) is 0 Å². The minimum Gasteiger partial charge on any atom is -0.490 e. The number of rotatable bonds is 2. The van der Waals surface area contributed by atoms with Gasteiger partial charge in [0.2, 0.25) is 0 Å². The van der Waals surface area contributed by atoms with E-state index in [1.807, 2.05) is 57.2 Å². The van der Waals surface area contributed by atoms with E-state index >= 15 is 0 Å². The molecule has 2 aromatic rings. The van der Waals surface area contributed by atoms with Crippen molar-refractivity contribution in [1.29, 1.82) is 0 Å². The number of likely N-dealkylation sites (tertiary alicyclic amines) is 1. The van der Waals surface area contributed by atoms with Gasteiger partial charge in [0.25, 0.3) is 0 Å². The highest BCUT2D eigenvalue weighted by Crippen LogP contribution is 2.31. The van der Waals surface area contributed by atoms with Crippen LogP contribution in [0.1, 0.15) is 33.6 Å². The summed E-state index contributed by atoms with van der Waals surface area (Å²) < 4.78 is 11.7. The Bertz CT molecular complexity index is 759. The van der Waals surface area contributed by atoms with Gasteiger partial charge >= 0.3 is 6.09 Å². The van der Waals surface area contributed by atoms with Gasteiger partial charge in [-0.25, -0.2) is 4.79 Å². The lowest BCUT2D eigenvalue weighted by atomic mass is 10.1. The largest absolute Gasteiger partial charge is 0.490 e. The van der Waals surface area contributed by atoms with Crippen molar-refractivity contribution in [1.82, 2.24) is 4.90 Å². The van der Waals surface area contributed by atoms with E-state index in [9.17, 15) is 4.79 Å². The summed E-state index contributed by atoms with van der Waals surface area (Å²) in [7, 11) is 0. The molecule has 0 atom stereocenters. The van der Waals surface area contributed by atoms with E-state index in [0.717, 1.165) is 35.1 Å². The summed E-state index contributed by atoms with van der Waals surface area (Å²) in [6.07, 6.45) is 1.42. The zero-order valence-electron chi connectivity index (χ0n) is 15.1. The predicted molar refractivity (Wildman–Crippen MR) is 99.8 cm³/mol. The van der Waals surface area contributed by atoms with E-state index in [1.165, 1.54) is 0 Å². The SMILES string of the molecule is CC(C)(C)OC(=O)N1CCC(Oc2ccc(N)c3ccccc23)CC1. The minimum absolute atomic E-state index is 0.0886. The number of nitrogen functional groups attached to an aromatic ring is 1. The molecule has 0 spiro atoms. The maximum Gasteiger partial charge on any atom is 0.410 e. The Labute approximate surface area is 148 Å². The molecule has 25 heavy (non-hydrogen) atoms. The Balaban J connectivity index is 1.63. The number of ether oxygens (including phenoxy) is 2. The van der Waals surface area contributed by atoms with E-state index in [4.69, 9.17) is 15.2 Å². The van der Waals surface area contributed by atoms with Crippen LogP contribution >= 0.6 is 0 Å². The molecule has 1 saturated heterocycles. The van der Waals surface area contributed by atoms with Gasteiger partial charge in [0.15, 0.2) is 0 Å². The molecule has 0 bridgehead atoms. The van der Waals surface area contributed by atoms with Gasteiger partial charge in [-0.1, -0.05) is 24.3 Å². The van der Waals surface area contributed by atoms with Crippen LogP contribution < -0.4 is 10.5 Å². The van der Waals surface area contributed by atoms with Gasteiger partial charge in [-0.15, -0.1) is 0 Å². The van der Waals surface area contributed by atoms with Crippen LogP contribution in [0.4, 0.5) is 10.5 Å². The smallest absolute Gasteiger partial charge is 0.410 e. The van der Waals surface area contributed by atoms with Crippen molar-refractivity contribution >= 4 is 22.6 Å². The summed E-state index contributed by atoms with van der Waals surface area (Å²) in [6.45, 7) is 6.94. The normalized spacial score (nSPS) is 16.0. The number of carbonyl (C=O) groups is 1. The molecule has 0 aliphatic carbocycles. The van der Waals surface area contributed by atoms with Gasteiger partial charge in [0.1, 0.15) is 17.5 Å². The summed E-state index contributed by atoms with van der Waals surface area (Å²) in [4.78, 5) is 13.9. The Morgan fingerprint density at radius 1 is 1.08 bits per heavy atom. The number of carbonyl (C=O) groups excluding carboxylic acids is 1. The van der Waals surface area contributed by atoms with Gasteiger partial charge in [-0.2, -0.15) is 0 Å². The topological polar surface area (TPSA) is 64.8 Å². The Kier molecular flexibility index (Phi) is 4.75. The molecule has 1 aliphatic heterocycles. The average Bonchev–Trinajstić information content (AvgIpc) is 2.57. The third-order valence-electron chi connectivity index (χ3n) is 4.31. The molecule has 0 unspecified atom stereocenters. The van der Waals surface area contributed by atoms with E-state index in [-0.39, 0.29) is 12.2 Å². The number of piperidine rings is 1. The van der Waals surface area contributed by atoms with Crippen LogP contribution in [-0.2, 0) is 4.74 Å². The second kappa shape index (κ2) is 6.82. The average molecular weight is 342 g/mol. The first-order valence-electron chi connectivity index (χ1n) is 8.75. The quantitative estimate of drug-likeness (QED) is 0.831. The highest BCUT2D eigenvalue weighted by Gasteiger charge is 2.27. The van der Waals surface area contributed by atoms with E-state index in [1.54, 1.807) is 4.90 Å². The van der Waals surface area contributed by atoms with Crippen LogP contribution in [0, 0.1) is 0 Å². The molecule has 0 saturated carbocycles. The lowest BCUT2D eigenvalue weighted by molar-refractivity contribution is 0.0128. The Morgan fingerprint density at radius 2 is 1.72 bits per heavy atom. The third kappa shape index (κ3) is 4.16. The lowest BCUT2D eigenvalue weighted by Crippen LogP contribution is -2.44. The number of nitrogens with zero attached hydrogens (tertiary/aromatic N) is 1. The zero-order valence-corrected chi connectivity index (χ0v) is 15.1. The lowest BCUT2D eigenvalue weighted by Gasteiger charge is -2.33. The number of amides is 1. The molecule has 1 fully saturated rings. The van der Waals surface area contributed by atoms with Crippen molar-refractivity contribution < 1.29 is 14.3 Å². The second-order valence-corrected chi connectivity index (χ2v) is 7.48. The summed E-state index contributed by atoms with van der Waals surface area (Å²) in [5, 5.41) is 2.03. The first kappa shape index (κ1) is 17.4. The zero-order chi connectivity index (χ0) is 18.0. The highest BCUT2D eigenvalue weighted by molar-refractivity contribution is 5.97. The van der Waals surface area contributed by atoms with Crippen LogP contribution in [0.25, 0.3) is 10.8 Å². The Morgan fingerprint density at radius 3 is 2.36 bits per heavy atom. The maximum atomic E-state index is 12.1. The molecule has 0 aromatic heterocycles. The molecule has 134 valence electrons. The standard InChI is InChI=1S/C20H26N2O3/c1-20(2,3)25-19(23)22-12-10-14(11-13-22)24-18-9-8-17(21)15-6-4-5-7-16(15)18/h4-9,14H,10-13,21H2,1-3H3. The van der Waals surface area contributed by atoms with Crippen molar-refractivity contribution in [2.45, 2.75) is 45.3 Å². The van der Waals surface area contributed by atoms with E-state index in [2.05, 4.69) is 0 Å². The van der Waals surface area contributed by atoms with Crippen LogP contribution in [0.2, 0.25) is 0 Å². The monoisotopic (exact) mass is 342 g/mol. The van der Waals surface area contributed by atoms with Crippen molar-refractivity contribution in [2.24, 2.45) is 0 Å². The first-order valence-corrected chi connectivity index (χ1v) is 8.75. The molecule has 2 N–H and O–H groups in total. The predicted octanol–water partition coefficient (Wildman–Crippen LogP) is 4.20. The molecule has 3 rings (SSSR count). The van der Waals surface area contributed by atoms with Crippen LogP contribution in [-0.4, -0.2) is 35.8 Å². The number of benzene rings is 2. The first-order chi connectivity index (χ1) is 11.8. The maximum absolute atomic E-state index is 12.1. The van der Waals surface area contributed by atoms with Crippen molar-refractivity contribution in [3.05, 3.63) is 36.4 Å².